The van der Waals surface area contributed by atoms with E-state index in [0.29, 0.717) is 29.0 Å². The number of nitrogens with two attached hydrogens (primary N) is 1. The molecule has 182 valence electrons. The van der Waals surface area contributed by atoms with Gasteiger partial charge >= 0.3 is 6.18 Å². The third kappa shape index (κ3) is 4.67. The fraction of sp³-hybridized carbons (Fsp3) is 0.208. The number of fused-ring (bicyclic) bond motifs is 1. The number of hydrogen-bond donors (Lipinski definition) is 3. The van der Waals surface area contributed by atoms with Gasteiger partial charge in [0.2, 0.25) is 0 Å². The number of halogens is 4. The fourth-order valence-electron chi connectivity index (χ4n) is 3.75. The molecule has 4 aromatic rings. The van der Waals surface area contributed by atoms with E-state index < -0.39 is 42.0 Å². The van der Waals surface area contributed by atoms with Gasteiger partial charge in [0.15, 0.2) is 6.10 Å². The second kappa shape index (κ2) is 8.66. The topological polar surface area (TPSA) is 106 Å². The van der Waals surface area contributed by atoms with Gasteiger partial charge in [-0.25, -0.2) is 14.4 Å². The average Bonchev–Trinajstić information content (AvgIpc) is 3.17. The lowest BCUT2D eigenvalue weighted by atomic mass is 10.0. The van der Waals surface area contributed by atoms with Gasteiger partial charge in [-0.05, 0) is 62.2 Å². The molecule has 0 fully saturated rings. The van der Waals surface area contributed by atoms with Crippen LogP contribution in [0.1, 0.15) is 38.4 Å². The van der Waals surface area contributed by atoms with Crippen LogP contribution in [0.5, 0.6) is 0 Å². The van der Waals surface area contributed by atoms with E-state index >= 15 is 0 Å². The Morgan fingerprint density at radius 2 is 1.94 bits per heavy atom. The number of aryl methyl sites for hydroxylation is 3. The van der Waals surface area contributed by atoms with Crippen molar-refractivity contribution in [2.45, 2.75) is 33.0 Å². The molecule has 1 atom stereocenters. The Balaban J connectivity index is 1.67. The summed E-state index contributed by atoms with van der Waals surface area (Å²) in [6.07, 6.45) is -5.44. The van der Waals surface area contributed by atoms with E-state index in [9.17, 15) is 27.5 Å². The zero-order valence-electron chi connectivity index (χ0n) is 21.4. The van der Waals surface area contributed by atoms with Crippen LogP contribution in [0.3, 0.4) is 0 Å². The number of amides is 1. The van der Waals surface area contributed by atoms with Crippen LogP contribution in [0, 0.1) is 26.5 Å². The van der Waals surface area contributed by atoms with Crippen LogP contribution in [0.4, 0.5) is 29.1 Å². The van der Waals surface area contributed by atoms with E-state index in [1.807, 2.05) is 0 Å². The molecule has 2 aromatic heterocycles. The molecule has 0 radical (unpaired) electrons. The number of carbonyl (C=O) groups is 1. The van der Waals surface area contributed by atoms with Crippen molar-refractivity contribution >= 4 is 22.9 Å². The van der Waals surface area contributed by atoms with Crippen LogP contribution < -0.4 is 11.1 Å². The molecule has 0 aliphatic rings. The van der Waals surface area contributed by atoms with Crippen LogP contribution in [0.25, 0.3) is 16.8 Å². The Labute approximate surface area is 201 Å². The lowest BCUT2D eigenvalue weighted by Gasteiger charge is -2.15. The first-order valence-electron chi connectivity index (χ1n) is 11.7. The molecular weight excluding hydrogens is 466 g/mol. The minimum Gasteiger partial charge on any atom is -0.382 e. The summed E-state index contributed by atoms with van der Waals surface area (Å²) < 4.78 is 77.6. The molecule has 0 saturated carbocycles. The van der Waals surface area contributed by atoms with Crippen LogP contribution in [0.15, 0.2) is 42.6 Å². The van der Waals surface area contributed by atoms with Gasteiger partial charge in [-0.2, -0.15) is 13.2 Å². The van der Waals surface area contributed by atoms with Gasteiger partial charge in [-0.3, -0.25) is 9.20 Å². The van der Waals surface area contributed by atoms with Gasteiger partial charge < -0.3 is 16.2 Å². The number of aliphatic hydroxyl groups excluding tert-OH is 1. The SMILES string of the molecule is [2H]C([2H])([2H])c1nc(-c2ccc(NC(=O)[C@H](O)c3cc(F)cc(C(F)(F)F)c3)cc2C)c2c(N)nc(C)cn12. The van der Waals surface area contributed by atoms with Gasteiger partial charge in [-0.15, -0.1) is 0 Å². The summed E-state index contributed by atoms with van der Waals surface area (Å²) in [4.78, 5) is 21.1. The molecule has 0 bridgehead atoms. The monoisotopic (exact) mass is 490 g/mol. The quantitative estimate of drug-likeness (QED) is 0.359. The highest BCUT2D eigenvalue weighted by molar-refractivity contribution is 5.95. The molecule has 7 nitrogen and oxygen atoms in total. The highest BCUT2D eigenvalue weighted by Crippen LogP contribution is 2.33. The minimum absolute atomic E-state index is 0.0659. The van der Waals surface area contributed by atoms with Crippen LogP contribution in [-0.4, -0.2) is 25.4 Å². The molecule has 0 aliphatic carbocycles. The molecule has 0 spiro atoms. The number of alkyl halides is 3. The number of carbonyl (C=O) groups excluding carboxylic acids is 1. The third-order valence-corrected chi connectivity index (χ3v) is 5.33. The lowest BCUT2D eigenvalue weighted by Crippen LogP contribution is -2.21. The molecule has 0 aliphatic heterocycles. The van der Waals surface area contributed by atoms with Gasteiger partial charge in [0.25, 0.3) is 5.91 Å². The zero-order chi connectivity index (χ0) is 28.2. The Hall–Kier alpha value is -3.99. The first kappa shape index (κ1) is 20.4. The first-order valence-corrected chi connectivity index (χ1v) is 10.2. The number of nitrogens with zero attached hydrogens (tertiary/aromatic N) is 3. The standard InChI is InChI=1S/C24H21F4N5O2/c1-11-6-17(32-23(35)21(34)14-7-15(24(26,27)28)9-16(25)8-14)4-5-18(11)19-20-22(29)30-12(2)10-33(20)13(3)31-19/h4-10,21,34H,1-3H3,(H2,29,30)(H,32,35)/t21-/m1/s1/i3D3. The molecule has 1 amide bonds. The Morgan fingerprint density at radius 1 is 1.20 bits per heavy atom. The van der Waals surface area contributed by atoms with Crippen molar-refractivity contribution in [2.75, 3.05) is 11.1 Å². The van der Waals surface area contributed by atoms with Crippen LogP contribution in [-0.2, 0) is 11.0 Å². The highest BCUT2D eigenvalue weighted by atomic mass is 19.4. The lowest BCUT2D eigenvalue weighted by molar-refractivity contribution is -0.138. The molecule has 2 heterocycles. The van der Waals surface area contributed by atoms with Crippen molar-refractivity contribution < 1.29 is 31.6 Å². The largest absolute Gasteiger partial charge is 0.416 e. The van der Waals surface area contributed by atoms with Crippen LogP contribution >= 0.6 is 0 Å². The van der Waals surface area contributed by atoms with E-state index in [1.165, 1.54) is 28.8 Å². The van der Waals surface area contributed by atoms with Gasteiger partial charge in [0.1, 0.15) is 28.7 Å². The van der Waals surface area contributed by atoms with E-state index in [2.05, 4.69) is 15.3 Å². The molecule has 35 heavy (non-hydrogen) atoms. The highest BCUT2D eigenvalue weighted by Gasteiger charge is 2.32. The van der Waals surface area contributed by atoms with Crippen molar-refractivity contribution in [3.63, 3.8) is 0 Å². The first-order chi connectivity index (χ1) is 17.6. The number of anilines is 2. The maximum absolute atomic E-state index is 13.7. The molecule has 0 saturated heterocycles. The number of aromatic nitrogens is 3. The summed E-state index contributed by atoms with van der Waals surface area (Å²) in [5.74, 6) is -2.49. The summed E-state index contributed by atoms with van der Waals surface area (Å²) in [5.41, 5.74) is 6.38. The zero-order valence-corrected chi connectivity index (χ0v) is 18.4. The summed E-state index contributed by atoms with van der Waals surface area (Å²) in [6.45, 7) is 0.757. The molecule has 11 heteroatoms. The number of aliphatic hydroxyl groups is 1. The number of hydrogen-bond acceptors (Lipinski definition) is 5. The molecule has 2 aromatic carbocycles. The van der Waals surface area contributed by atoms with E-state index in [0.717, 1.165) is 0 Å². The average molecular weight is 490 g/mol. The number of imidazole rings is 1. The Morgan fingerprint density at radius 3 is 2.60 bits per heavy atom. The van der Waals surface area contributed by atoms with Crippen LogP contribution in [0.2, 0.25) is 0 Å². The predicted octanol–water partition coefficient (Wildman–Crippen LogP) is 4.73. The van der Waals surface area contributed by atoms with Crippen molar-refractivity contribution in [1.29, 1.82) is 0 Å². The number of nitrogens with one attached hydrogen (secondary N) is 1. The Kier molecular flexibility index (Phi) is 5.04. The second-order valence-electron chi connectivity index (χ2n) is 7.96. The fourth-order valence-corrected chi connectivity index (χ4v) is 3.75. The number of nitrogen functional groups attached to an aromatic ring is 1. The minimum atomic E-state index is -4.87. The third-order valence-electron chi connectivity index (χ3n) is 5.33. The number of rotatable bonds is 4. The van der Waals surface area contributed by atoms with Gasteiger partial charge in [-0.1, -0.05) is 6.07 Å². The van der Waals surface area contributed by atoms with Gasteiger partial charge in [0, 0.05) is 21.6 Å². The van der Waals surface area contributed by atoms with Crippen molar-refractivity contribution in [2.24, 2.45) is 0 Å². The maximum Gasteiger partial charge on any atom is 0.416 e. The van der Waals surface area contributed by atoms with E-state index in [4.69, 9.17) is 9.85 Å². The Bertz CT molecular complexity index is 1570. The summed E-state index contributed by atoms with van der Waals surface area (Å²) in [7, 11) is 0. The van der Waals surface area contributed by atoms with Gasteiger partial charge in [0.05, 0.1) is 11.3 Å². The molecule has 4 N–H and O–H groups in total. The van der Waals surface area contributed by atoms with Crippen molar-refractivity contribution in [1.82, 2.24) is 14.4 Å². The smallest absolute Gasteiger partial charge is 0.382 e. The van der Waals surface area contributed by atoms with Crippen molar-refractivity contribution in [3.05, 3.63) is 76.6 Å². The van der Waals surface area contributed by atoms with E-state index in [1.54, 1.807) is 13.8 Å². The van der Waals surface area contributed by atoms with E-state index in [-0.39, 0.29) is 34.6 Å². The number of benzene rings is 2. The molecular formula is C24H21F4N5O2. The predicted molar refractivity (Wildman–Crippen MR) is 122 cm³/mol. The molecule has 0 unspecified atom stereocenters. The summed E-state index contributed by atoms with van der Waals surface area (Å²) >= 11 is 0. The normalized spacial score (nSPS) is 14.3. The van der Waals surface area contributed by atoms with Crippen molar-refractivity contribution in [3.8, 4) is 11.3 Å². The second-order valence-corrected chi connectivity index (χ2v) is 7.96. The summed E-state index contributed by atoms with van der Waals surface area (Å²) in [6, 6.07) is 5.85. The summed E-state index contributed by atoms with van der Waals surface area (Å²) in [5, 5.41) is 12.7. The molecule has 4 rings (SSSR count). The maximum atomic E-state index is 13.7.